The number of rotatable bonds is 8. The Morgan fingerprint density at radius 1 is 0.964 bits per heavy atom. The Labute approximate surface area is 169 Å². The van der Waals surface area contributed by atoms with Crippen molar-refractivity contribution in [3.8, 4) is 0 Å². The molecule has 5 heteroatoms. The highest BCUT2D eigenvalue weighted by Gasteiger charge is 2.51. The number of nitrogens with zero attached hydrogens (tertiary/aromatic N) is 1. The Morgan fingerprint density at radius 2 is 1.54 bits per heavy atom. The summed E-state index contributed by atoms with van der Waals surface area (Å²) in [6.07, 6.45) is 2.40. The monoisotopic (exact) mass is 389 g/mol. The topological polar surface area (TPSA) is 55.8 Å². The number of hydrogen-bond acceptors (Lipinski definition) is 5. The van der Waals surface area contributed by atoms with Crippen molar-refractivity contribution in [2.75, 3.05) is 13.1 Å². The highest BCUT2D eigenvalue weighted by atomic mass is 16.6. The summed E-state index contributed by atoms with van der Waals surface area (Å²) in [6, 6.07) is 10.0. The molecule has 0 atom stereocenters. The zero-order valence-corrected chi connectivity index (χ0v) is 18.2. The molecule has 0 N–H and O–H groups in total. The summed E-state index contributed by atoms with van der Waals surface area (Å²) < 4.78 is 11.1. The molecule has 1 aliphatic rings. The number of benzene rings is 1. The van der Waals surface area contributed by atoms with Crippen LogP contribution in [-0.2, 0) is 25.6 Å². The van der Waals surface area contributed by atoms with Crippen LogP contribution in [-0.4, -0.2) is 41.1 Å². The minimum atomic E-state index is -0.510. The van der Waals surface area contributed by atoms with E-state index in [1.54, 1.807) is 0 Å². The normalized spacial score (nSPS) is 16.0. The van der Waals surface area contributed by atoms with Crippen LogP contribution in [0.25, 0.3) is 0 Å². The van der Waals surface area contributed by atoms with Crippen molar-refractivity contribution >= 4 is 11.9 Å². The Morgan fingerprint density at radius 3 is 2.04 bits per heavy atom. The zero-order valence-electron chi connectivity index (χ0n) is 18.2. The molecule has 0 spiro atoms. The van der Waals surface area contributed by atoms with E-state index in [-0.39, 0.29) is 18.5 Å². The fourth-order valence-electron chi connectivity index (χ4n) is 3.08. The van der Waals surface area contributed by atoms with E-state index in [1.165, 1.54) is 0 Å². The molecular weight excluding hydrogens is 354 g/mol. The van der Waals surface area contributed by atoms with Crippen molar-refractivity contribution in [3.63, 3.8) is 0 Å². The van der Waals surface area contributed by atoms with Gasteiger partial charge in [0.25, 0.3) is 0 Å². The Bertz CT molecular complexity index is 666. The standard InChI is InChI=1S/C23H35NO4/c1-21(2,3)27-19(25)17-24(16-18-10-8-7-9-11-18)15-14-23(12-13-23)20(26)28-22(4,5)6/h7-11H,12-17H2,1-6H3. The van der Waals surface area contributed by atoms with Crippen LogP contribution in [0.2, 0.25) is 0 Å². The first kappa shape index (κ1) is 22.4. The van der Waals surface area contributed by atoms with E-state index >= 15 is 0 Å². The number of carbonyl (C=O) groups is 2. The molecule has 0 radical (unpaired) electrons. The first-order valence-corrected chi connectivity index (χ1v) is 10.1. The summed E-state index contributed by atoms with van der Waals surface area (Å²) in [5, 5.41) is 0. The van der Waals surface area contributed by atoms with Gasteiger partial charge in [-0.1, -0.05) is 30.3 Å². The van der Waals surface area contributed by atoms with E-state index in [1.807, 2.05) is 71.9 Å². The fraction of sp³-hybridized carbons (Fsp3) is 0.652. The van der Waals surface area contributed by atoms with Crippen LogP contribution in [0.15, 0.2) is 30.3 Å². The Hall–Kier alpha value is -1.88. The Kier molecular flexibility index (Phi) is 6.92. The molecule has 0 aromatic heterocycles. The molecular formula is C23H35NO4. The molecule has 0 saturated heterocycles. The summed E-state index contributed by atoms with van der Waals surface area (Å²) in [4.78, 5) is 27.0. The highest BCUT2D eigenvalue weighted by molar-refractivity contribution is 5.80. The van der Waals surface area contributed by atoms with Crippen molar-refractivity contribution in [1.29, 1.82) is 0 Å². The summed E-state index contributed by atoms with van der Waals surface area (Å²) in [5.41, 5.74) is -0.250. The minimum Gasteiger partial charge on any atom is -0.460 e. The van der Waals surface area contributed by atoms with Gasteiger partial charge in [0, 0.05) is 13.1 Å². The molecule has 1 saturated carbocycles. The second-order valence-electron chi connectivity index (χ2n) is 9.81. The smallest absolute Gasteiger partial charge is 0.320 e. The van der Waals surface area contributed by atoms with Gasteiger partial charge in [0.2, 0.25) is 0 Å². The molecule has 0 aliphatic heterocycles. The third kappa shape index (κ3) is 7.63. The SMILES string of the molecule is CC(C)(C)OC(=O)CN(CCC1(C(=O)OC(C)(C)C)CC1)Cc1ccccc1. The molecule has 0 heterocycles. The average Bonchev–Trinajstić information content (AvgIpc) is 3.31. The average molecular weight is 390 g/mol. The fourth-order valence-corrected chi connectivity index (χ4v) is 3.08. The first-order valence-electron chi connectivity index (χ1n) is 10.1. The van der Waals surface area contributed by atoms with Crippen molar-refractivity contribution in [2.45, 2.75) is 78.6 Å². The lowest BCUT2D eigenvalue weighted by Crippen LogP contribution is -2.37. The van der Waals surface area contributed by atoms with Crippen LogP contribution in [0.1, 0.15) is 66.4 Å². The van der Waals surface area contributed by atoms with Crippen LogP contribution in [0.4, 0.5) is 0 Å². The minimum absolute atomic E-state index is 0.114. The molecule has 0 amide bonds. The molecule has 5 nitrogen and oxygen atoms in total. The summed E-state index contributed by atoms with van der Waals surface area (Å²) in [5.74, 6) is -0.359. The van der Waals surface area contributed by atoms with Gasteiger partial charge in [-0.05, 0) is 66.4 Å². The lowest BCUT2D eigenvalue weighted by Gasteiger charge is -2.27. The molecule has 1 aromatic rings. The van der Waals surface area contributed by atoms with Gasteiger partial charge in [0.1, 0.15) is 11.2 Å². The Balaban J connectivity index is 2.01. The third-order valence-corrected chi connectivity index (χ3v) is 4.61. The lowest BCUT2D eigenvalue weighted by molar-refractivity contribution is -0.162. The van der Waals surface area contributed by atoms with Crippen molar-refractivity contribution in [1.82, 2.24) is 4.90 Å². The third-order valence-electron chi connectivity index (χ3n) is 4.61. The molecule has 2 rings (SSSR count). The van der Waals surface area contributed by atoms with Gasteiger partial charge in [0.15, 0.2) is 0 Å². The van der Waals surface area contributed by atoms with E-state index in [2.05, 4.69) is 4.90 Å². The maximum absolute atomic E-state index is 12.6. The molecule has 0 unspecified atom stereocenters. The van der Waals surface area contributed by atoms with Gasteiger partial charge in [-0.2, -0.15) is 0 Å². The largest absolute Gasteiger partial charge is 0.460 e. The molecule has 1 fully saturated rings. The van der Waals surface area contributed by atoms with Gasteiger partial charge in [-0.15, -0.1) is 0 Å². The van der Waals surface area contributed by atoms with Crippen LogP contribution in [0, 0.1) is 5.41 Å². The number of carbonyl (C=O) groups excluding carboxylic acids is 2. The van der Waals surface area contributed by atoms with Crippen molar-refractivity contribution in [3.05, 3.63) is 35.9 Å². The van der Waals surface area contributed by atoms with Gasteiger partial charge in [0.05, 0.1) is 12.0 Å². The summed E-state index contributed by atoms with van der Waals surface area (Å²) >= 11 is 0. The molecule has 28 heavy (non-hydrogen) atoms. The maximum atomic E-state index is 12.6. The number of esters is 2. The van der Waals surface area contributed by atoms with Crippen molar-refractivity contribution < 1.29 is 19.1 Å². The number of hydrogen-bond donors (Lipinski definition) is 0. The second-order valence-corrected chi connectivity index (χ2v) is 9.81. The predicted molar refractivity (Wildman–Crippen MR) is 110 cm³/mol. The quantitative estimate of drug-likeness (QED) is 0.619. The van der Waals surface area contributed by atoms with Crippen LogP contribution < -0.4 is 0 Å². The van der Waals surface area contributed by atoms with Gasteiger partial charge >= 0.3 is 11.9 Å². The van der Waals surface area contributed by atoms with E-state index in [0.717, 1.165) is 18.4 Å². The first-order chi connectivity index (χ1) is 12.9. The summed E-state index contributed by atoms with van der Waals surface area (Å²) in [7, 11) is 0. The highest BCUT2D eigenvalue weighted by Crippen LogP contribution is 2.50. The number of ether oxygens (including phenoxy) is 2. The molecule has 156 valence electrons. The van der Waals surface area contributed by atoms with Crippen molar-refractivity contribution in [2.24, 2.45) is 5.41 Å². The van der Waals surface area contributed by atoms with E-state index < -0.39 is 16.6 Å². The van der Waals surface area contributed by atoms with Crippen LogP contribution in [0.3, 0.4) is 0 Å². The van der Waals surface area contributed by atoms with Gasteiger partial charge < -0.3 is 9.47 Å². The molecule has 1 aliphatic carbocycles. The van der Waals surface area contributed by atoms with E-state index in [9.17, 15) is 9.59 Å². The lowest BCUT2D eigenvalue weighted by atomic mass is 10.0. The van der Waals surface area contributed by atoms with Gasteiger partial charge in [-0.3, -0.25) is 14.5 Å². The molecule has 1 aromatic carbocycles. The van der Waals surface area contributed by atoms with Crippen LogP contribution in [0.5, 0.6) is 0 Å². The summed E-state index contributed by atoms with van der Waals surface area (Å²) in [6.45, 7) is 12.8. The maximum Gasteiger partial charge on any atom is 0.320 e. The zero-order chi connectivity index (χ0) is 21.0. The van der Waals surface area contributed by atoms with Gasteiger partial charge in [-0.25, -0.2) is 0 Å². The van der Waals surface area contributed by atoms with E-state index in [0.29, 0.717) is 19.5 Å². The molecule has 0 bridgehead atoms. The second kappa shape index (κ2) is 8.64. The van der Waals surface area contributed by atoms with Crippen LogP contribution >= 0.6 is 0 Å². The predicted octanol–water partition coefficient (Wildman–Crippen LogP) is 4.34. The van der Waals surface area contributed by atoms with E-state index in [4.69, 9.17) is 9.47 Å².